The molecule has 0 saturated carbocycles. The highest BCUT2D eigenvalue weighted by Crippen LogP contribution is 2.31. The molecule has 1 amide bonds. The molecule has 4 rings (SSSR count). The number of aromatic amines is 1. The zero-order chi connectivity index (χ0) is 25.3. The molecule has 186 valence electrons. The van der Waals surface area contributed by atoms with Crippen molar-refractivity contribution in [3.8, 4) is 0 Å². The molecule has 1 aliphatic rings. The summed E-state index contributed by atoms with van der Waals surface area (Å²) < 4.78 is 39.7. The van der Waals surface area contributed by atoms with Crippen molar-refractivity contribution < 1.29 is 23.1 Å². The second-order valence-corrected chi connectivity index (χ2v) is 8.44. The van der Waals surface area contributed by atoms with E-state index in [-0.39, 0.29) is 35.2 Å². The van der Waals surface area contributed by atoms with Crippen LogP contribution in [0.5, 0.6) is 0 Å². The summed E-state index contributed by atoms with van der Waals surface area (Å²) in [5.74, 6) is -0.282. The Morgan fingerprint density at radius 1 is 1.26 bits per heavy atom. The number of pyridine rings is 3. The second kappa shape index (κ2) is 9.62. The van der Waals surface area contributed by atoms with Crippen LogP contribution in [0, 0.1) is 6.92 Å². The van der Waals surface area contributed by atoms with Crippen LogP contribution >= 0.6 is 0 Å². The monoisotopic (exact) mass is 490 g/mol. The number of nitrogens with zero attached hydrogens (tertiary/aromatic N) is 4. The number of rotatable bonds is 5. The van der Waals surface area contributed by atoms with Crippen LogP contribution in [0.25, 0.3) is 11.0 Å². The summed E-state index contributed by atoms with van der Waals surface area (Å²) in [6, 6.07) is 4.83. The van der Waals surface area contributed by atoms with Crippen molar-refractivity contribution in [3.05, 3.63) is 63.3 Å². The Bertz CT molecular complexity index is 1290. The lowest BCUT2D eigenvalue weighted by Gasteiger charge is -2.42. The van der Waals surface area contributed by atoms with Crippen LogP contribution in [-0.2, 0) is 12.7 Å². The quantitative estimate of drug-likeness (QED) is 0.499. The minimum atomic E-state index is -4.76. The van der Waals surface area contributed by atoms with Crippen LogP contribution in [0.4, 0.5) is 18.9 Å². The fourth-order valence-corrected chi connectivity index (χ4v) is 4.44. The molecule has 1 atom stereocenters. The summed E-state index contributed by atoms with van der Waals surface area (Å²) in [6.07, 6.45) is -1.65. The molecule has 9 nitrogen and oxygen atoms in total. The van der Waals surface area contributed by atoms with Crippen molar-refractivity contribution in [2.24, 2.45) is 0 Å². The maximum atomic E-state index is 13.2. The number of amides is 1. The predicted molar refractivity (Wildman–Crippen MR) is 123 cm³/mol. The number of anilines is 1. The number of carbonyl (C=O) groups excluding carboxylic acids is 1. The highest BCUT2D eigenvalue weighted by molar-refractivity contribution is 5.92. The van der Waals surface area contributed by atoms with E-state index >= 15 is 0 Å². The number of aromatic nitrogens is 3. The van der Waals surface area contributed by atoms with E-state index in [4.69, 9.17) is 0 Å². The molecule has 3 aromatic rings. The predicted octanol–water partition coefficient (Wildman–Crippen LogP) is 1.69. The molecule has 35 heavy (non-hydrogen) atoms. The minimum Gasteiger partial charge on any atom is -0.394 e. The highest BCUT2D eigenvalue weighted by Gasteiger charge is 2.37. The van der Waals surface area contributed by atoms with E-state index in [1.165, 1.54) is 20.2 Å². The normalized spacial score (nSPS) is 17.1. The maximum Gasteiger partial charge on any atom is 0.422 e. The Kier molecular flexibility index (Phi) is 6.77. The van der Waals surface area contributed by atoms with Gasteiger partial charge in [-0.3, -0.25) is 19.5 Å². The van der Waals surface area contributed by atoms with Gasteiger partial charge in [0.1, 0.15) is 11.3 Å². The van der Waals surface area contributed by atoms with Gasteiger partial charge in [0.05, 0.1) is 35.6 Å². The van der Waals surface area contributed by atoms with Gasteiger partial charge in [-0.1, -0.05) is 0 Å². The number of hydrogen-bond acceptors (Lipinski definition) is 7. The molecule has 0 aromatic carbocycles. The van der Waals surface area contributed by atoms with Gasteiger partial charge in [0.25, 0.3) is 11.5 Å². The number of piperazine rings is 1. The number of halogens is 3. The largest absolute Gasteiger partial charge is 0.422 e. The van der Waals surface area contributed by atoms with E-state index in [2.05, 4.69) is 25.2 Å². The van der Waals surface area contributed by atoms with Crippen molar-refractivity contribution in [1.29, 1.82) is 0 Å². The lowest BCUT2D eigenvalue weighted by molar-refractivity contribution is -0.139. The fourth-order valence-electron chi connectivity index (χ4n) is 4.44. The van der Waals surface area contributed by atoms with E-state index in [0.717, 1.165) is 11.3 Å². The summed E-state index contributed by atoms with van der Waals surface area (Å²) in [5.41, 5.74) is -0.450. The molecule has 1 aliphatic heterocycles. The Labute approximate surface area is 198 Å². The van der Waals surface area contributed by atoms with Gasteiger partial charge >= 0.3 is 6.18 Å². The zero-order valence-electron chi connectivity index (χ0n) is 19.2. The molecule has 4 heterocycles. The molecule has 3 aromatic heterocycles. The molecule has 0 aliphatic carbocycles. The summed E-state index contributed by atoms with van der Waals surface area (Å²) in [5, 5.41) is 12.5. The van der Waals surface area contributed by atoms with Gasteiger partial charge in [0.15, 0.2) is 0 Å². The van der Waals surface area contributed by atoms with Crippen LogP contribution in [-0.4, -0.2) is 70.2 Å². The van der Waals surface area contributed by atoms with Gasteiger partial charge in [-0.15, -0.1) is 0 Å². The van der Waals surface area contributed by atoms with Gasteiger partial charge in [-0.25, -0.2) is 4.98 Å². The van der Waals surface area contributed by atoms with Crippen molar-refractivity contribution >= 4 is 22.6 Å². The molecule has 1 saturated heterocycles. The molecule has 1 fully saturated rings. The third-order valence-corrected chi connectivity index (χ3v) is 6.16. The number of aliphatic hydroxyl groups excluding tert-OH is 1. The highest BCUT2D eigenvalue weighted by atomic mass is 19.4. The van der Waals surface area contributed by atoms with Crippen molar-refractivity contribution in [3.63, 3.8) is 0 Å². The van der Waals surface area contributed by atoms with Gasteiger partial charge in [0, 0.05) is 39.4 Å². The standard InChI is InChI=1S/C23H25F3N6O3/c1-13-19(23(24,25)26)22(35)30-18-7-14(8-29-20(13)18)10-31-5-6-32(16(11-31)12-33)15-3-4-17(28-9-15)21(34)27-2/h3-4,7-9,16,33H,5-6,10-12H2,1-2H3,(H,27,34)(H,30,35). The third-order valence-electron chi connectivity index (χ3n) is 6.16. The first-order valence-electron chi connectivity index (χ1n) is 11.0. The molecule has 3 N–H and O–H groups in total. The number of aliphatic hydroxyl groups is 1. The number of aryl methyl sites for hydroxylation is 1. The van der Waals surface area contributed by atoms with Crippen LogP contribution < -0.4 is 15.8 Å². The van der Waals surface area contributed by atoms with Crippen molar-refractivity contribution in [2.45, 2.75) is 25.7 Å². The molecular weight excluding hydrogens is 465 g/mol. The smallest absolute Gasteiger partial charge is 0.394 e. The Morgan fingerprint density at radius 3 is 2.66 bits per heavy atom. The van der Waals surface area contributed by atoms with Gasteiger partial charge < -0.3 is 20.3 Å². The number of fused-ring (bicyclic) bond motifs is 1. The number of carbonyl (C=O) groups is 1. The SMILES string of the molecule is CNC(=O)c1ccc(N2CCN(Cc3cnc4c(C)c(C(F)(F)F)c(=O)[nH]c4c3)CC2CO)cn1. The fraction of sp³-hybridized carbons (Fsp3) is 0.391. The molecule has 1 unspecified atom stereocenters. The topological polar surface area (TPSA) is 114 Å². The first-order chi connectivity index (χ1) is 16.6. The Hall–Kier alpha value is -3.51. The van der Waals surface area contributed by atoms with E-state index in [0.29, 0.717) is 31.9 Å². The van der Waals surface area contributed by atoms with Crippen LogP contribution in [0.2, 0.25) is 0 Å². The van der Waals surface area contributed by atoms with Crippen molar-refractivity contribution in [1.82, 2.24) is 25.2 Å². The lowest BCUT2D eigenvalue weighted by atomic mass is 10.1. The average Bonchev–Trinajstić information content (AvgIpc) is 2.82. The number of nitrogens with one attached hydrogen (secondary N) is 2. The second-order valence-electron chi connectivity index (χ2n) is 8.44. The molecule has 0 spiro atoms. The zero-order valence-corrected chi connectivity index (χ0v) is 19.2. The van der Waals surface area contributed by atoms with Crippen LogP contribution in [0.3, 0.4) is 0 Å². The Balaban J connectivity index is 1.50. The van der Waals surface area contributed by atoms with E-state index in [9.17, 15) is 27.9 Å². The van der Waals surface area contributed by atoms with E-state index in [1.807, 2.05) is 4.90 Å². The lowest BCUT2D eigenvalue weighted by Crippen LogP contribution is -2.54. The van der Waals surface area contributed by atoms with Crippen LogP contribution in [0.15, 0.2) is 35.4 Å². The summed E-state index contributed by atoms with van der Waals surface area (Å²) in [4.78, 5) is 38.6. The summed E-state index contributed by atoms with van der Waals surface area (Å²) >= 11 is 0. The number of hydrogen-bond donors (Lipinski definition) is 3. The number of alkyl halides is 3. The molecule has 0 radical (unpaired) electrons. The van der Waals surface area contributed by atoms with Gasteiger partial charge in [0.2, 0.25) is 0 Å². The van der Waals surface area contributed by atoms with Gasteiger partial charge in [-0.05, 0) is 36.2 Å². The molecular formula is C23H25F3N6O3. The Morgan fingerprint density at radius 2 is 2.03 bits per heavy atom. The minimum absolute atomic E-state index is 0.101. The molecule has 12 heteroatoms. The average molecular weight is 490 g/mol. The first kappa shape index (κ1) is 24.6. The van der Waals surface area contributed by atoms with E-state index < -0.39 is 17.3 Å². The third kappa shape index (κ3) is 4.98. The van der Waals surface area contributed by atoms with Crippen LogP contribution in [0.1, 0.15) is 27.2 Å². The van der Waals surface area contributed by atoms with Crippen molar-refractivity contribution in [2.75, 3.05) is 38.2 Å². The summed E-state index contributed by atoms with van der Waals surface area (Å²) in [7, 11) is 1.53. The maximum absolute atomic E-state index is 13.2. The van der Waals surface area contributed by atoms with E-state index in [1.54, 1.807) is 24.4 Å². The first-order valence-corrected chi connectivity index (χ1v) is 11.0. The van der Waals surface area contributed by atoms with Gasteiger partial charge in [-0.2, -0.15) is 13.2 Å². The number of H-pyrrole nitrogens is 1. The summed E-state index contributed by atoms with van der Waals surface area (Å²) in [6.45, 7) is 3.36. The molecule has 0 bridgehead atoms.